The first kappa shape index (κ1) is 23.0. The summed E-state index contributed by atoms with van der Waals surface area (Å²) in [4.78, 5) is 6.81. The fourth-order valence-corrected chi connectivity index (χ4v) is 4.00. The number of guanidine groups is 1. The number of benzene rings is 1. The van der Waals surface area contributed by atoms with Gasteiger partial charge in [-0.1, -0.05) is 12.1 Å². The predicted octanol–water partition coefficient (Wildman–Crippen LogP) is 3.23. The molecule has 2 fully saturated rings. The van der Waals surface area contributed by atoms with Gasteiger partial charge in [-0.2, -0.15) is 5.10 Å². The molecular weight excluding hydrogens is 493 g/mol. The Balaban J connectivity index is 0.00000256. The molecule has 1 atom stereocenters. The second-order valence-electron chi connectivity index (χ2n) is 7.68. The van der Waals surface area contributed by atoms with Gasteiger partial charge in [0.15, 0.2) is 5.96 Å². The number of aromatic nitrogens is 2. The van der Waals surface area contributed by atoms with Crippen LogP contribution >= 0.6 is 24.0 Å². The van der Waals surface area contributed by atoms with E-state index in [2.05, 4.69) is 44.6 Å². The zero-order valence-electron chi connectivity index (χ0n) is 17.6. The van der Waals surface area contributed by atoms with Gasteiger partial charge in [0.25, 0.3) is 0 Å². The minimum absolute atomic E-state index is 0. The maximum atomic E-state index is 6.09. The van der Waals surface area contributed by atoms with Crippen LogP contribution in [0.3, 0.4) is 0 Å². The molecule has 7 nitrogen and oxygen atoms in total. The van der Waals surface area contributed by atoms with Crippen molar-refractivity contribution in [2.24, 2.45) is 4.99 Å². The van der Waals surface area contributed by atoms with Crippen molar-refractivity contribution in [2.45, 2.75) is 44.4 Å². The third-order valence-corrected chi connectivity index (χ3v) is 5.63. The quantitative estimate of drug-likeness (QED) is 0.357. The predicted molar refractivity (Wildman–Crippen MR) is 129 cm³/mol. The van der Waals surface area contributed by atoms with E-state index in [1.807, 2.05) is 24.0 Å². The summed E-state index contributed by atoms with van der Waals surface area (Å²) in [6.45, 7) is 4.28. The Morgan fingerprint density at radius 1 is 1.27 bits per heavy atom. The van der Waals surface area contributed by atoms with Gasteiger partial charge in [0.1, 0.15) is 0 Å². The summed E-state index contributed by atoms with van der Waals surface area (Å²) in [5, 5.41) is 7.81. The number of hydrogen-bond acceptors (Lipinski definition) is 4. The maximum absolute atomic E-state index is 6.09. The van der Waals surface area contributed by atoms with Gasteiger partial charge >= 0.3 is 0 Å². The van der Waals surface area contributed by atoms with Crippen LogP contribution in [0.4, 0.5) is 0 Å². The van der Waals surface area contributed by atoms with Gasteiger partial charge in [-0.15, -0.1) is 24.0 Å². The van der Waals surface area contributed by atoms with Crippen LogP contribution in [0.25, 0.3) is 5.69 Å². The first-order valence-corrected chi connectivity index (χ1v) is 10.6. The van der Waals surface area contributed by atoms with Crippen molar-refractivity contribution in [3.05, 3.63) is 48.3 Å². The van der Waals surface area contributed by atoms with Crippen LogP contribution in [-0.4, -0.2) is 66.2 Å². The average molecular weight is 525 g/mol. The van der Waals surface area contributed by atoms with E-state index < -0.39 is 0 Å². The Hall–Kier alpha value is -1.65. The SMILES string of the molecule is CN=C(NCc1cccc(-n2cccn2)c1)N1CCC(OCC2CCCO2)CC1.I. The molecule has 0 saturated carbocycles. The molecule has 2 aliphatic heterocycles. The number of ether oxygens (including phenoxy) is 2. The van der Waals surface area contributed by atoms with Crippen LogP contribution in [0.1, 0.15) is 31.2 Å². The van der Waals surface area contributed by atoms with Crippen LogP contribution < -0.4 is 5.32 Å². The molecule has 4 rings (SSSR count). The average Bonchev–Trinajstić information content (AvgIpc) is 3.48. The molecule has 1 N–H and O–H groups in total. The smallest absolute Gasteiger partial charge is 0.193 e. The molecule has 0 radical (unpaired) electrons. The minimum Gasteiger partial charge on any atom is -0.376 e. The number of nitrogens with one attached hydrogen (secondary N) is 1. The van der Waals surface area contributed by atoms with Crippen LogP contribution in [0.15, 0.2) is 47.7 Å². The van der Waals surface area contributed by atoms with E-state index in [4.69, 9.17) is 9.47 Å². The van der Waals surface area contributed by atoms with E-state index >= 15 is 0 Å². The summed E-state index contributed by atoms with van der Waals surface area (Å²) < 4.78 is 13.6. The first-order chi connectivity index (χ1) is 14.3. The molecule has 1 unspecified atom stereocenters. The number of nitrogens with zero attached hydrogens (tertiary/aromatic N) is 4. The lowest BCUT2D eigenvalue weighted by Crippen LogP contribution is -2.47. The third-order valence-electron chi connectivity index (χ3n) is 5.63. The van der Waals surface area contributed by atoms with Crippen LogP contribution in [0.5, 0.6) is 0 Å². The number of aliphatic imine (C=N–C) groups is 1. The summed E-state index contributed by atoms with van der Waals surface area (Å²) in [7, 11) is 1.85. The van der Waals surface area contributed by atoms with E-state index in [1.165, 1.54) is 12.0 Å². The van der Waals surface area contributed by atoms with Crippen molar-refractivity contribution in [3.8, 4) is 5.69 Å². The van der Waals surface area contributed by atoms with Crippen molar-refractivity contribution in [1.29, 1.82) is 0 Å². The van der Waals surface area contributed by atoms with Gasteiger partial charge < -0.3 is 19.7 Å². The molecule has 2 aliphatic rings. The molecule has 1 aromatic carbocycles. The zero-order valence-corrected chi connectivity index (χ0v) is 19.9. The second kappa shape index (κ2) is 11.7. The van der Waals surface area contributed by atoms with Gasteiger partial charge in [0.2, 0.25) is 0 Å². The summed E-state index contributed by atoms with van der Waals surface area (Å²) in [6, 6.07) is 10.3. The third kappa shape index (κ3) is 6.18. The molecule has 3 heterocycles. The van der Waals surface area contributed by atoms with E-state index in [0.29, 0.717) is 12.2 Å². The number of hydrogen-bond donors (Lipinski definition) is 1. The standard InChI is InChI=1S/C22H31N5O2.HI/c1-23-22(24-16-18-5-2-6-19(15-18)27-11-4-10-25-27)26-12-8-20(9-13-26)29-17-21-7-3-14-28-21;/h2,4-6,10-11,15,20-21H,3,7-9,12-14,16-17H2,1H3,(H,23,24);1H. The van der Waals surface area contributed by atoms with Crippen LogP contribution in [0, 0.1) is 0 Å². The van der Waals surface area contributed by atoms with Crippen LogP contribution in [-0.2, 0) is 16.0 Å². The highest BCUT2D eigenvalue weighted by molar-refractivity contribution is 14.0. The monoisotopic (exact) mass is 525 g/mol. The van der Waals surface area contributed by atoms with Gasteiger partial charge in [-0.3, -0.25) is 4.99 Å². The highest BCUT2D eigenvalue weighted by atomic mass is 127. The van der Waals surface area contributed by atoms with Crippen molar-refractivity contribution in [1.82, 2.24) is 20.0 Å². The van der Waals surface area contributed by atoms with Gasteiger partial charge in [-0.05, 0) is 49.4 Å². The molecule has 2 saturated heterocycles. The lowest BCUT2D eigenvalue weighted by molar-refractivity contribution is -0.0367. The molecule has 0 amide bonds. The Kier molecular flexibility index (Phi) is 8.95. The fraction of sp³-hybridized carbons (Fsp3) is 0.545. The molecule has 2 aromatic rings. The molecule has 0 aliphatic carbocycles. The molecule has 0 spiro atoms. The van der Waals surface area contributed by atoms with E-state index in [1.54, 1.807) is 6.20 Å². The number of rotatable bonds is 6. The molecule has 164 valence electrons. The van der Waals surface area contributed by atoms with Crippen molar-refractivity contribution < 1.29 is 9.47 Å². The Labute approximate surface area is 195 Å². The first-order valence-electron chi connectivity index (χ1n) is 10.6. The Bertz CT molecular complexity index is 785. The Morgan fingerprint density at radius 3 is 2.83 bits per heavy atom. The fourth-order valence-electron chi connectivity index (χ4n) is 4.00. The Morgan fingerprint density at radius 2 is 2.13 bits per heavy atom. The lowest BCUT2D eigenvalue weighted by atomic mass is 10.1. The van der Waals surface area contributed by atoms with Gasteiger partial charge in [0.05, 0.1) is 24.5 Å². The second-order valence-corrected chi connectivity index (χ2v) is 7.68. The molecular formula is C22H32IN5O2. The van der Waals surface area contributed by atoms with Crippen LogP contribution in [0.2, 0.25) is 0 Å². The normalized spacial score (nSPS) is 20.2. The molecule has 0 bridgehead atoms. The van der Waals surface area contributed by atoms with Gasteiger partial charge in [-0.25, -0.2) is 4.68 Å². The van der Waals surface area contributed by atoms with Crippen molar-refractivity contribution >= 4 is 29.9 Å². The van der Waals surface area contributed by atoms with E-state index in [0.717, 1.165) is 63.8 Å². The zero-order chi connectivity index (χ0) is 19.9. The van der Waals surface area contributed by atoms with E-state index in [9.17, 15) is 0 Å². The van der Waals surface area contributed by atoms with E-state index in [-0.39, 0.29) is 24.0 Å². The highest BCUT2D eigenvalue weighted by Gasteiger charge is 2.24. The molecule has 8 heteroatoms. The maximum Gasteiger partial charge on any atom is 0.193 e. The summed E-state index contributed by atoms with van der Waals surface area (Å²) in [6.07, 6.45) is 8.75. The lowest BCUT2D eigenvalue weighted by Gasteiger charge is -2.34. The van der Waals surface area contributed by atoms with Gasteiger partial charge in [0, 0.05) is 45.7 Å². The van der Waals surface area contributed by atoms with Crippen molar-refractivity contribution in [2.75, 3.05) is 33.4 Å². The summed E-state index contributed by atoms with van der Waals surface area (Å²) >= 11 is 0. The number of likely N-dealkylation sites (tertiary alicyclic amines) is 1. The summed E-state index contributed by atoms with van der Waals surface area (Å²) in [5.41, 5.74) is 2.27. The molecule has 1 aromatic heterocycles. The minimum atomic E-state index is 0. The largest absolute Gasteiger partial charge is 0.376 e. The summed E-state index contributed by atoms with van der Waals surface area (Å²) in [5.74, 6) is 0.951. The molecule has 30 heavy (non-hydrogen) atoms. The number of halogens is 1. The topological polar surface area (TPSA) is 63.9 Å². The highest BCUT2D eigenvalue weighted by Crippen LogP contribution is 2.18. The number of piperidine rings is 1. The van der Waals surface area contributed by atoms with Crippen molar-refractivity contribution in [3.63, 3.8) is 0 Å².